The number of aryl methyl sites for hydroxylation is 1. The van der Waals surface area contributed by atoms with Gasteiger partial charge in [-0.25, -0.2) is 0 Å². The van der Waals surface area contributed by atoms with E-state index in [9.17, 15) is 10.1 Å². The second-order valence-electron chi connectivity index (χ2n) is 8.48. The fourth-order valence-electron chi connectivity index (χ4n) is 4.01. The first-order valence-corrected chi connectivity index (χ1v) is 10.3. The number of H-pyrrole nitrogens is 1. The maximum absolute atomic E-state index is 11.5. The Morgan fingerprint density at radius 2 is 1.72 bits per heavy atom. The zero-order valence-corrected chi connectivity index (χ0v) is 18.0. The Kier molecular flexibility index (Phi) is 4.42. The molecule has 0 unspecified atom stereocenters. The molecule has 0 saturated heterocycles. The number of benzene rings is 2. The van der Waals surface area contributed by atoms with Gasteiger partial charge in [0.25, 0.3) is 0 Å². The monoisotopic (exact) mass is 419 g/mol. The molecule has 0 aliphatic heterocycles. The van der Waals surface area contributed by atoms with Crippen molar-refractivity contribution in [2.24, 2.45) is 7.05 Å². The van der Waals surface area contributed by atoms with Crippen LogP contribution in [0.2, 0.25) is 0 Å². The van der Waals surface area contributed by atoms with Crippen molar-refractivity contribution in [1.82, 2.24) is 19.7 Å². The summed E-state index contributed by atoms with van der Waals surface area (Å²) in [5, 5.41) is 16.3. The Bertz CT molecular complexity index is 1560. The molecule has 3 aromatic heterocycles. The van der Waals surface area contributed by atoms with E-state index in [1.807, 2.05) is 74.2 Å². The van der Waals surface area contributed by atoms with Gasteiger partial charge >= 0.3 is 0 Å². The molecule has 0 aliphatic carbocycles. The van der Waals surface area contributed by atoms with Crippen LogP contribution in [0.15, 0.2) is 71.8 Å². The van der Waals surface area contributed by atoms with E-state index in [2.05, 4.69) is 22.1 Å². The van der Waals surface area contributed by atoms with E-state index in [1.165, 1.54) is 6.07 Å². The molecule has 2 aromatic carbocycles. The molecule has 0 saturated carbocycles. The molecular formula is C26H21N5O. The van der Waals surface area contributed by atoms with Gasteiger partial charge in [0.2, 0.25) is 5.56 Å². The summed E-state index contributed by atoms with van der Waals surface area (Å²) in [6.45, 7) is 3.82. The van der Waals surface area contributed by atoms with E-state index in [1.54, 1.807) is 6.20 Å². The van der Waals surface area contributed by atoms with Gasteiger partial charge in [0.15, 0.2) is 0 Å². The summed E-state index contributed by atoms with van der Waals surface area (Å²) in [6, 6.07) is 19.8. The summed E-state index contributed by atoms with van der Waals surface area (Å²) < 4.78 is 1.84. The van der Waals surface area contributed by atoms with E-state index >= 15 is 0 Å². The van der Waals surface area contributed by atoms with Crippen molar-refractivity contribution in [1.29, 1.82) is 5.26 Å². The first-order chi connectivity index (χ1) is 15.4. The Hall–Kier alpha value is -4.24. The fourth-order valence-corrected chi connectivity index (χ4v) is 4.01. The van der Waals surface area contributed by atoms with Crippen molar-refractivity contribution >= 4 is 21.8 Å². The van der Waals surface area contributed by atoms with Crippen LogP contribution in [0.4, 0.5) is 0 Å². The van der Waals surface area contributed by atoms with Crippen LogP contribution in [0.1, 0.15) is 19.4 Å². The molecule has 3 heterocycles. The van der Waals surface area contributed by atoms with Gasteiger partial charge in [-0.15, -0.1) is 0 Å². The summed E-state index contributed by atoms with van der Waals surface area (Å²) in [6.07, 6.45) is 3.57. The smallest absolute Gasteiger partial charge is 0.247 e. The number of nitriles is 1. The highest BCUT2D eigenvalue weighted by Gasteiger charge is 2.20. The fraction of sp³-hybridized carbons (Fsp3) is 0.154. The number of aromatic amines is 1. The van der Waals surface area contributed by atoms with E-state index in [4.69, 9.17) is 5.10 Å². The number of hydrogen-bond acceptors (Lipinski definition) is 4. The first kappa shape index (κ1) is 19.7. The standard InChI is InChI=1S/C26H21N5O/c1-26(2,15-27)19-8-4-16(5-9-19)25-24-20-12-17(18-7-11-23(32)29-13-18)6-10-21(20)28-14-22(24)31(3)30-25/h4-14H,1-3H3,(H,29,32). The van der Waals surface area contributed by atoms with E-state index in [0.29, 0.717) is 0 Å². The quantitative estimate of drug-likeness (QED) is 0.448. The van der Waals surface area contributed by atoms with Crippen molar-refractivity contribution in [3.63, 3.8) is 0 Å². The minimum atomic E-state index is -0.549. The van der Waals surface area contributed by atoms with Crippen LogP contribution in [0.5, 0.6) is 0 Å². The molecule has 0 atom stereocenters. The van der Waals surface area contributed by atoms with Crippen molar-refractivity contribution < 1.29 is 0 Å². The van der Waals surface area contributed by atoms with E-state index in [-0.39, 0.29) is 5.56 Å². The van der Waals surface area contributed by atoms with Gasteiger partial charge in [0.1, 0.15) is 5.69 Å². The molecule has 32 heavy (non-hydrogen) atoms. The summed E-state index contributed by atoms with van der Waals surface area (Å²) in [5.41, 5.74) is 5.87. The molecule has 0 amide bonds. The van der Waals surface area contributed by atoms with Crippen LogP contribution >= 0.6 is 0 Å². The highest BCUT2D eigenvalue weighted by atomic mass is 16.1. The number of nitrogens with one attached hydrogen (secondary N) is 1. The lowest BCUT2D eigenvalue weighted by Gasteiger charge is -2.15. The van der Waals surface area contributed by atoms with Crippen molar-refractivity contribution in [3.05, 3.63) is 82.9 Å². The molecular weight excluding hydrogens is 398 g/mol. The predicted octanol–water partition coefficient (Wildman–Crippen LogP) is 4.94. The van der Waals surface area contributed by atoms with Crippen LogP contribution in [-0.4, -0.2) is 19.7 Å². The van der Waals surface area contributed by atoms with Crippen molar-refractivity contribution in [2.45, 2.75) is 19.3 Å². The molecule has 0 bridgehead atoms. The normalized spacial score (nSPS) is 11.7. The Morgan fingerprint density at radius 3 is 2.41 bits per heavy atom. The average molecular weight is 419 g/mol. The molecule has 6 heteroatoms. The Morgan fingerprint density at radius 1 is 1.00 bits per heavy atom. The van der Waals surface area contributed by atoms with Gasteiger partial charge in [-0.3, -0.25) is 14.5 Å². The van der Waals surface area contributed by atoms with Crippen LogP contribution in [0, 0.1) is 11.3 Å². The van der Waals surface area contributed by atoms with Crippen LogP contribution < -0.4 is 5.56 Å². The van der Waals surface area contributed by atoms with Gasteiger partial charge < -0.3 is 4.98 Å². The number of pyridine rings is 2. The van der Waals surface area contributed by atoms with Gasteiger partial charge in [-0.1, -0.05) is 30.3 Å². The third kappa shape index (κ3) is 3.15. The SMILES string of the molecule is Cn1nc(-c2ccc(C(C)(C)C#N)cc2)c2c3cc(-c4ccc(=O)[nH]c4)ccc3ncc21. The minimum absolute atomic E-state index is 0.129. The van der Waals surface area contributed by atoms with Gasteiger partial charge in [0.05, 0.1) is 28.7 Å². The lowest BCUT2D eigenvalue weighted by molar-refractivity contribution is 0.687. The maximum atomic E-state index is 11.5. The Balaban J connectivity index is 1.73. The lowest BCUT2D eigenvalue weighted by Crippen LogP contribution is -2.13. The predicted molar refractivity (Wildman–Crippen MR) is 126 cm³/mol. The van der Waals surface area contributed by atoms with E-state index < -0.39 is 5.41 Å². The van der Waals surface area contributed by atoms with Gasteiger partial charge in [-0.05, 0) is 48.7 Å². The topological polar surface area (TPSA) is 87.4 Å². The molecule has 156 valence electrons. The van der Waals surface area contributed by atoms with Crippen LogP contribution in [0.25, 0.3) is 44.2 Å². The molecule has 5 aromatic rings. The number of fused-ring (bicyclic) bond motifs is 3. The van der Waals surface area contributed by atoms with Crippen LogP contribution in [-0.2, 0) is 12.5 Å². The number of rotatable bonds is 3. The molecule has 0 fully saturated rings. The second-order valence-corrected chi connectivity index (χ2v) is 8.48. The maximum Gasteiger partial charge on any atom is 0.247 e. The molecule has 0 aliphatic rings. The largest absolute Gasteiger partial charge is 0.328 e. The van der Waals surface area contributed by atoms with Crippen LogP contribution in [0.3, 0.4) is 0 Å². The zero-order valence-electron chi connectivity index (χ0n) is 18.0. The van der Waals surface area contributed by atoms with Crippen molar-refractivity contribution in [2.75, 3.05) is 0 Å². The summed E-state index contributed by atoms with van der Waals surface area (Å²) in [5.74, 6) is 0. The average Bonchev–Trinajstić information content (AvgIpc) is 3.16. The number of nitrogens with zero attached hydrogens (tertiary/aromatic N) is 4. The minimum Gasteiger partial charge on any atom is -0.328 e. The molecule has 0 spiro atoms. The number of aromatic nitrogens is 4. The zero-order chi connectivity index (χ0) is 22.5. The molecule has 1 N–H and O–H groups in total. The molecule has 5 rings (SSSR count). The highest BCUT2D eigenvalue weighted by molar-refractivity contribution is 6.12. The van der Waals surface area contributed by atoms with E-state index in [0.717, 1.165) is 49.8 Å². The molecule has 0 radical (unpaired) electrons. The lowest BCUT2D eigenvalue weighted by atomic mass is 9.86. The third-order valence-electron chi connectivity index (χ3n) is 5.96. The van der Waals surface area contributed by atoms with Gasteiger partial charge in [0, 0.05) is 35.6 Å². The third-order valence-corrected chi connectivity index (χ3v) is 5.96. The molecule has 6 nitrogen and oxygen atoms in total. The van der Waals surface area contributed by atoms with Crippen molar-refractivity contribution in [3.8, 4) is 28.5 Å². The second kappa shape index (κ2) is 7.17. The van der Waals surface area contributed by atoms with Gasteiger partial charge in [-0.2, -0.15) is 10.4 Å². The Labute approximate surface area is 184 Å². The number of hydrogen-bond donors (Lipinski definition) is 1. The summed E-state index contributed by atoms with van der Waals surface area (Å²) in [7, 11) is 1.91. The summed E-state index contributed by atoms with van der Waals surface area (Å²) >= 11 is 0. The first-order valence-electron chi connectivity index (χ1n) is 10.3. The highest BCUT2D eigenvalue weighted by Crippen LogP contribution is 2.35. The summed E-state index contributed by atoms with van der Waals surface area (Å²) in [4.78, 5) is 18.8.